The molecular weight excluding hydrogens is 280 g/mol. The minimum Gasteiger partial charge on any atom is -0.494 e. The van der Waals surface area contributed by atoms with Gasteiger partial charge < -0.3 is 9.47 Å². The van der Waals surface area contributed by atoms with E-state index in [4.69, 9.17) is 10.7 Å². The summed E-state index contributed by atoms with van der Waals surface area (Å²) in [6.45, 7) is 0. The van der Waals surface area contributed by atoms with Gasteiger partial charge in [-0.15, -0.1) is 0 Å². The van der Waals surface area contributed by atoms with Gasteiger partial charge in [-0.2, -0.15) is 0 Å². The molecule has 0 amide bonds. The first-order chi connectivity index (χ1) is 7.82. The van der Waals surface area contributed by atoms with E-state index in [1.807, 2.05) is 0 Å². The van der Waals surface area contributed by atoms with Crippen molar-refractivity contribution < 1.29 is 26.7 Å². The number of methoxy groups -OCH3 is 2. The molecule has 0 spiro atoms. The summed E-state index contributed by atoms with van der Waals surface area (Å²) in [5.74, 6) is -0.879. The molecule has 0 N–H and O–H groups in total. The molecule has 0 atom stereocenters. The Morgan fingerprint density at radius 1 is 1.35 bits per heavy atom. The van der Waals surface area contributed by atoms with Crippen LogP contribution in [0.3, 0.4) is 0 Å². The van der Waals surface area contributed by atoms with E-state index in [1.54, 1.807) is 0 Å². The second-order valence-electron chi connectivity index (χ2n) is 2.82. The van der Waals surface area contributed by atoms with Crippen molar-refractivity contribution in [3.05, 3.63) is 11.8 Å². The first-order valence-corrected chi connectivity index (χ1v) is 6.47. The lowest BCUT2D eigenvalue weighted by Gasteiger charge is -2.13. The number of alkyl halides is 2. The molecule has 0 fully saturated rings. The summed E-state index contributed by atoms with van der Waals surface area (Å²) >= 11 is 0. The maximum Gasteiger partial charge on any atom is 0.270 e. The van der Waals surface area contributed by atoms with Crippen LogP contribution in [0, 0.1) is 0 Å². The number of aromatic nitrogens is 1. The summed E-state index contributed by atoms with van der Waals surface area (Å²) < 4.78 is 57.4. The van der Waals surface area contributed by atoms with Crippen LogP contribution in [0.15, 0.2) is 11.1 Å². The summed E-state index contributed by atoms with van der Waals surface area (Å²) in [4.78, 5) is 2.68. The first-order valence-electron chi connectivity index (χ1n) is 4.16. The number of ether oxygens (including phenoxy) is 2. The van der Waals surface area contributed by atoms with Gasteiger partial charge in [-0.05, 0) is 0 Å². The Bertz CT molecular complexity index is 521. The largest absolute Gasteiger partial charge is 0.494 e. The van der Waals surface area contributed by atoms with Crippen molar-refractivity contribution in [1.29, 1.82) is 0 Å². The molecule has 9 heteroatoms. The summed E-state index contributed by atoms with van der Waals surface area (Å²) in [7, 11) is 2.89. The van der Waals surface area contributed by atoms with E-state index >= 15 is 0 Å². The van der Waals surface area contributed by atoms with E-state index < -0.39 is 31.8 Å². The van der Waals surface area contributed by atoms with E-state index in [9.17, 15) is 17.2 Å². The Hall–Kier alpha value is -1.15. The summed E-state index contributed by atoms with van der Waals surface area (Å²) in [6, 6.07) is 0. The van der Waals surface area contributed by atoms with Crippen LogP contribution in [0.2, 0.25) is 0 Å². The zero-order valence-corrected chi connectivity index (χ0v) is 10.3. The maximum atomic E-state index is 12.8. The molecule has 1 heterocycles. The second-order valence-corrected chi connectivity index (χ2v) is 5.32. The third-order valence-corrected chi connectivity index (χ3v) is 3.24. The Kier molecular flexibility index (Phi) is 4.10. The van der Waals surface area contributed by atoms with Crippen molar-refractivity contribution in [3.8, 4) is 11.6 Å². The fourth-order valence-electron chi connectivity index (χ4n) is 1.23. The Morgan fingerprint density at radius 3 is 2.29 bits per heavy atom. The van der Waals surface area contributed by atoms with Crippen molar-refractivity contribution in [2.24, 2.45) is 0 Å². The number of nitrogens with zero attached hydrogens (tertiary/aromatic N) is 1. The summed E-state index contributed by atoms with van der Waals surface area (Å²) in [6.07, 6.45) is -2.17. The van der Waals surface area contributed by atoms with Crippen LogP contribution < -0.4 is 9.47 Å². The van der Waals surface area contributed by atoms with Crippen LogP contribution in [-0.4, -0.2) is 27.6 Å². The summed E-state index contributed by atoms with van der Waals surface area (Å²) in [5, 5.41) is 0. The molecule has 0 aliphatic carbocycles. The fourth-order valence-corrected chi connectivity index (χ4v) is 2.52. The fraction of sp³-hybridized carbons (Fsp3) is 0.375. The highest BCUT2D eigenvalue weighted by atomic mass is 35.7. The third-order valence-electron chi connectivity index (χ3n) is 1.87. The molecule has 17 heavy (non-hydrogen) atoms. The zero-order valence-electron chi connectivity index (χ0n) is 8.78. The molecule has 0 radical (unpaired) electrons. The van der Waals surface area contributed by atoms with Gasteiger partial charge in [0.15, 0.2) is 5.75 Å². The van der Waals surface area contributed by atoms with Crippen LogP contribution >= 0.6 is 10.7 Å². The molecule has 96 valence electrons. The summed E-state index contributed by atoms with van der Waals surface area (Å²) in [5.41, 5.74) is -0.915. The van der Waals surface area contributed by atoms with E-state index in [0.29, 0.717) is 0 Å². The molecule has 0 saturated carbocycles. The molecule has 0 aliphatic rings. The predicted molar refractivity (Wildman–Crippen MR) is 55.3 cm³/mol. The van der Waals surface area contributed by atoms with E-state index in [1.165, 1.54) is 0 Å². The van der Waals surface area contributed by atoms with Gasteiger partial charge >= 0.3 is 0 Å². The second kappa shape index (κ2) is 5.01. The lowest BCUT2D eigenvalue weighted by molar-refractivity contribution is 0.141. The third kappa shape index (κ3) is 2.75. The average Bonchev–Trinajstić information content (AvgIpc) is 2.25. The quantitative estimate of drug-likeness (QED) is 0.792. The van der Waals surface area contributed by atoms with Crippen LogP contribution in [-0.2, 0) is 9.05 Å². The van der Waals surface area contributed by atoms with Gasteiger partial charge in [0.25, 0.3) is 15.5 Å². The van der Waals surface area contributed by atoms with E-state index in [-0.39, 0.29) is 5.75 Å². The molecule has 5 nitrogen and oxygen atoms in total. The molecule has 0 aromatic carbocycles. The van der Waals surface area contributed by atoms with E-state index in [0.717, 1.165) is 20.4 Å². The van der Waals surface area contributed by atoms with Gasteiger partial charge in [0.05, 0.1) is 20.4 Å². The number of rotatable bonds is 4. The number of pyridine rings is 1. The first kappa shape index (κ1) is 13.9. The smallest absolute Gasteiger partial charge is 0.270 e. The molecular formula is C8H8ClF2NO4S. The Balaban J connectivity index is 3.71. The molecule has 0 aliphatic heterocycles. The Labute approximate surface area is 101 Å². The van der Waals surface area contributed by atoms with Crippen molar-refractivity contribution in [3.63, 3.8) is 0 Å². The zero-order chi connectivity index (χ0) is 13.2. The lowest BCUT2D eigenvalue weighted by atomic mass is 10.2. The lowest BCUT2D eigenvalue weighted by Crippen LogP contribution is -2.06. The van der Waals surface area contributed by atoms with Crippen LogP contribution in [0.25, 0.3) is 0 Å². The van der Waals surface area contributed by atoms with E-state index in [2.05, 4.69) is 14.5 Å². The molecule has 1 aromatic rings. The molecule has 0 bridgehead atoms. The highest BCUT2D eigenvalue weighted by Crippen LogP contribution is 2.39. The normalized spacial score (nSPS) is 11.6. The van der Waals surface area contributed by atoms with Crippen molar-refractivity contribution in [2.75, 3.05) is 14.2 Å². The number of hydrogen-bond donors (Lipinski definition) is 0. The molecule has 0 unspecified atom stereocenters. The molecule has 1 rings (SSSR count). The Morgan fingerprint density at radius 2 is 1.94 bits per heavy atom. The molecule has 0 saturated heterocycles. The van der Waals surface area contributed by atoms with Gasteiger partial charge in [0.2, 0.25) is 5.88 Å². The van der Waals surface area contributed by atoms with Gasteiger partial charge in [0, 0.05) is 10.7 Å². The number of hydrogen-bond acceptors (Lipinski definition) is 5. The van der Waals surface area contributed by atoms with Gasteiger partial charge in [-0.1, -0.05) is 0 Å². The standard InChI is InChI=1S/C8H8ClF2NO4S/c1-15-4-3-12-8(16-2)5(7(10)11)6(4)17(9,13)14/h3,7H,1-2H3. The average molecular weight is 288 g/mol. The highest BCUT2D eigenvalue weighted by molar-refractivity contribution is 8.13. The van der Waals surface area contributed by atoms with Crippen LogP contribution in [0.1, 0.15) is 12.0 Å². The maximum absolute atomic E-state index is 12.8. The SMILES string of the molecule is COc1cnc(OC)c(C(F)F)c1S(=O)(=O)Cl. The number of halogens is 3. The van der Waals surface area contributed by atoms with Crippen LogP contribution in [0.5, 0.6) is 11.6 Å². The van der Waals surface area contributed by atoms with Crippen LogP contribution in [0.4, 0.5) is 8.78 Å². The van der Waals surface area contributed by atoms with Crippen molar-refractivity contribution >= 4 is 19.7 Å². The van der Waals surface area contributed by atoms with Gasteiger partial charge in [0.1, 0.15) is 10.5 Å². The monoisotopic (exact) mass is 287 g/mol. The molecule has 1 aromatic heterocycles. The minimum absolute atomic E-state index is 0.365. The minimum atomic E-state index is -4.41. The topological polar surface area (TPSA) is 65.5 Å². The highest BCUT2D eigenvalue weighted by Gasteiger charge is 2.31. The van der Waals surface area contributed by atoms with Crippen molar-refractivity contribution in [1.82, 2.24) is 4.98 Å². The van der Waals surface area contributed by atoms with Gasteiger partial charge in [-0.3, -0.25) is 0 Å². The predicted octanol–water partition coefficient (Wildman–Crippen LogP) is 1.96. The van der Waals surface area contributed by atoms with Crippen molar-refractivity contribution in [2.45, 2.75) is 11.3 Å². The van der Waals surface area contributed by atoms with Gasteiger partial charge in [-0.25, -0.2) is 22.2 Å².